The van der Waals surface area contributed by atoms with E-state index in [2.05, 4.69) is 26.8 Å². The number of ether oxygens (including phenoxy) is 1. The maximum absolute atomic E-state index is 6.56. The van der Waals surface area contributed by atoms with Crippen LogP contribution in [0.5, 0.6) is 5.75 Å². The van der Waals surface area contributed by atoms with Gasteiger partial charge in [-0.3, -0.25) is 14.9 Å². The van der Waals surface area contributed by atoms with Gasteiger partial charge in [-0.2, -0.15) is 0 Å². The third-order valence-corrected chi connectivity index (χ3v) is 5.27. The normalized spacial score (nSPS) is 15.9. The summed E-state index contributed by atoms with van der Waals surface area (Å²) >= 11 is 6.56. The van der Waals surface area contributed by atoms with E-state index in [-0.39, 0.29) is 0 Å². The molecule has 0 atom stereocenters. The van der Waals surface area contributed by atoms with Crippen molar-refractivity contribution in [1.29, 1.82) is 0 Å². The third kappa shape index (κ3) is 4.21. The second kappa shape index (κ2) is 8.21. The summed E-state index contributed by atoms with van der Waals surface area (Å²) in [5.74, 6) is 0.805. The van der Waals surface area contributed by atoms with Gasteiger partial charge in [0.2, 0.25) is 0 Å². The quantitative estimate of drug-likeness (QED) is 0.674. The van der Waals surface area contributed by atoms with Gasteiger partial charge < -0.3 is 9.64 Å². The van der Waals surface area contributed by atoms with Gasteiger partial charge in [0, 0.05) is 56.1 Å². The predicted octanol–water partition coefficient (Wildman–Crippen LogP) is 3.61. The Morgan fingerprint density at radius 3 is 2.63 bits per heavy atom. The molecule has 0 saturated carbocycles. The lowest BCUT2D eigenvalue weighted by molar-refractivity contribution is 0.146. The molecular formula is C21H23ClN4O. The molecule has 0 unspecified atom stereocenters. The van der Waals surface area contributed by atoms with Crippen LogP contribution in [0.2, 0.25) is 5.02 Å². The van der Waals surface area contributed by atoms with E-state index in [0.717, 1.165) is 60.6 Å². The highest BCUT2D eigenvalue weighted by Gasteiger charge is 2.19. The lowest BCUT2D eigenvalue weighted by atomic mass is 10.1. The molecule has 3 heterocycles. The summed E-state index contributed by atoms with van der Waals surface area (Å²) < 4.78 is 6.23. The van der Waals surface area contributed by atoms with Gasteiger partial charge in [0.1, 0.15) is 12.1 Å². The second-order valence-electron chi connectivity index (χ2n) is 6.94. The number of hydrogen-bond donors (Lipinski definition) is 0. The van der Waals surface area contributed by atoms with Crippen LogP contribution in [0.3, 0.4) is 0 Å². The highest BCUT2D eigenvalue weighted by molar-refractivity contribution is 6.35. The molecule has 5 nitrogen and oxygen atoms in total. The Bertz CT molecular complexity index is 911. The van der Waals surface area contributed by atoms with Gasteiger partial charge in [0.25, 0.3) is 0 Å². The van der Waals surface area contributed by atoms with Crippen LogP contribution in [0.1, 0.15) is 11.3 Å². The zero-order valence-corrected chi connectivity index (χ0v) is 16.2. The summed E-state index contributed by atoms with van der Waals surface area (Å²) in [6, 6.07) is 11.7. The van der Waals surface area contributed by atoms with Crippen molar-refractivity contribution in [2.24, 2.45) is 0 Å². The Hall–Kier alpha value is -2.21. The molecule has 27 heavy (non-hydrogen) atoms. The number of hydrogen-bond acceptors (Lipinski definition) is 5. The molecule has 1 fully saturated rings. The molecule has 0 amide bonds. The minimum absolute atomic E-state index is 0.407. The summed E-state index contributed by atoms with van der Waals surface area (Å²) in [5.41, 5.74) is 2.78. The minimum Gasteiger partial charge on any atom is -0.485 e. The SMILES string of the molecule is CN1CCN(Cc2cc(Cl)c3cccnc3c2OCc2ccccn2)CC1. The Kier molecular flexibility index (Phi) is 5.53. The van der Waals surface area contributed by atoms with E-state index in [1.165, 1.54) is 0 Å². The molecule has 1 aliphatic rings. The van der Waals surface area contributed by atoms with Crippen LogP contribution < -0.4 is 4.74 Å². The second-order valence-corrected chi connectivity index (χ2v) is 7.34. The van der Waals surface area contributed by atoms with Crippen molar-refractivity contribution >= 4 is 22.5 Å². The van der Waals surface area contributed by atoms with Crippen molar-refractivity contribution in [3.05, 3.63) is 65.1 Å². The zero-order chi connectivity index (χ0) is 18.6. The third-order valence-electron chi connectivity index (χ3n) is 4.95. The van der Waals surface area contributed by atoms with Gasteiger partial charge in [-0.25, -0.2) is 0 Å². The molecule has 0 N–H and O–H groups in total. The standard InChI is InChI=1S/C21H23ClN4O/c1-25-9-11-26(12-10-25)14-16-13-19(22)18-6-4-8-24-20(18)21(16)27-15-17-5-2-3-7-23-17/h2-8,13H,9-12,14-15H2,1H3. The molecule has 0 spiro atoms. The largest absolute Gasteiger partial charge is 0.485 e. The van der Waals surface area contributed by atoms with Crippen LogP contribution in [0, 0.1) is 0 Å². The summed E-state index contributed by atoms with van der Waals surface area (Å²) in [6.07, 6.45) is 3.56. The lowest BCUT2D eigenvalue weighted by Crippen LogP contribution is -2.43. The molecule has 2 aromatic heterocycles. The van der Waals surface area contributed by atoms with E-state index in [0.29, 0.717) is 11.6 Å². The van der Waals surface area contributed by atoms with Crippen LogP contribution in [-0.4, -0.2) is 53.0 Å². The summed E-state index contributed by atoms with van der Waals surface area (Å²) in [4.78, 5) is 13.7. The first kappa shape index (κ1) is 18.2. The van der Waals surface area contributed by atoms with E-state index in [1.54, 1.807) is 12.4 Å². The highest BCUT2D eigenvalue weighted by Crippen LogP contribution is 2.35. The zero-order valence-electron chi connectivity index (χ0n) is 15.4. The average molecular weight is 383 g/mol. The maximum atomic E-state index is 6.56. The van der Waals surface area contributed by atoms with Gasteiger partial charge >= 0.3 is 0 Å². The van der Waals surface area contributed by atoms with Crippen LogP contribution in [0.15, 0.2) is 48.8 Å². The minimum atomic E-state index is 0.407. The fourth-order valence-corrected chi connectivity index (χ4v) is 3.67. The van der Waals surface area contributed by atoms with Gasteiger partial charge in [0.05, 0.1) is 10.7 Å². The Balaban J connectivity index is 1.66. The molecule has 3 aromatic rings. The van der Waals surface area contributed by atoms with Crippen molar-refractivity contribution in [1.82, 2.24) is 19.8 Å². The predicted molar refractivity (Wildman–Crippen MR) is 108 cm³/mol. The van der Waals surface area contributed by atoms with Crippen molar-refractivity contribution in [2.75, 3.05) is 33.2 Å². The number of nitrogens with zero attached hydrogens (tertiary/aromatic N) is 4. The Labute approximate surface area is 164 Å². The molecule has 140 valence electrons. The number of rotatable bonds is 5. The van der Waals surface area contributed by atoms with Crippen molar-refractivity contribution in [2.45, 2.75) is 13.2 Å². The smallest absolute Gasteiger partial charge is 0.150 e. The van der Waals surface area contributed by atoms with E-state index in [1.807, 2.05) is 36.4 Å². The molecule has 1 aliphatic heterocycles. The van der Waals surface area contributed by atoms with Crippen LogP contribution >= 0.6 is 11.6 Å². The number of pyridine rings is 2. The number of halogens is 1. The fourth-order valence-electron chi connectivity index (χ4n) is 3.38. The Morgan fingerprint density at radius 1 is 1.04 bits per heavy atom. The number of fused-ring (bicyclic) bond motifs is 1. The first-order valence-corrected chi connectivity index (χ1v) is 9.58. The summed E-state index contributed by atoms with van der Waals surface area (Å²) in [5, 5.41) is 1.63. The highest BCUT2D eigenvalue weighted by atomic mass is 35.5. The van der Waals surface area contributed by atoms with Gasteiger partial charge in [0.15, 0.2) is 5.75 Å². The number of piperazine rings is 1. The molecule has 0 bridgehead atoms. The lowest BCUT2D eigenvalue weighted by Gasteiger charge is -2.32. The van der Waals surface area contributed by atoms with Crippen LogP contribution in [-0.2, 0) is 13.2 Å². The van der Waals surface area contributed by atoms with Crippen molar-refractivity contribution in [3.8, 4) is 5.75 Å². The topological polar surface area (TPSA) is 41.5 Å². The molecule has 0 radical (unpaired) electrons. The van der Waals surface area contributed by atoms with E-state index in [9.17, 15) is 0 Å². The summed E-state index contributed by atoms with van der Waals surface area (Å²) in [6.45, 7) is 5.43. The van der Waals surface area contributed by atoms with Crippen molar-refractivity contribution < 1.29 is 4.74 Å². The molecule has 4 rings (SSSR count). The molecule has 1 saturated heterocycles. The monoisotopic (exact) mass is 382 g/mol. The van der Waals surface area contributed by atoms with Crippen LogP contribution in [0.4, 0.5) is 0 Å². The van der Waals surface area contributed by atoms with E-state index >= 15 is 0 Å². The van der Waals surface area contributed by atoms with Gasteiger partial charge in [-0.05, 0) is 37.4 Å². The molecular weight excluding hydrogens is 360 g/mol. The van der Waals surface area contributed by atoms with Gasteiger partial charge in [-0.15, -0.1) is 0 Å². The average Bonchev–Trinajstić information content (AvgIpc) is 2.70. The first-order valence-electron chi connectivity index (χ1n) is 9.20. The molecule has 0 aliphatic carbocycles. The van der Waals surface area contributed by atoms with Crippen LogP contribution in [0.25, 0.3) is 10.9 Å². The van der Waals surface area contributed by atoms with E-state index in [4.69, 9.17) is 16.3 Å². The molecule has 6 heteroatoms. The first-order chi connectivity index (χ1) is 13.2. The van der Waals surface area contributed by atoms with Gasteiger partial charge in [-0.1, -0.05) is 17.7 Å². The van der Waals surface area contributed by atoms with E-state index < -0.39 is 0 Å². The fraction of sp³-hybridized carbons (Fsp3) is 0.333. The number of likely N-dealkylation sites (N-methyl/N-ethyl adjacent to an activating group) is 1. The van der Waals surface area contributed by atoms with Crippen molar-refractivity contribution in [3.63, 3.8) is 0 Å². The number of aromatic nitrogens is 2. The number of benzene rings is 1. The molecule has 1 aromatic carbocycles. The summed E-state index contributed by atoms with van der Waals surface area (Å²) in [7, 11) is 2.16. The maximum Gasteiger partial charge on any atom is 0.150 e. The Morgan fingerprint density at radius 2 is 1.85 bits per heavy atom.